The Labute approximate surface area is 104 Å². The van der Waals surface area contributed by atoms with Crippen LogP contribution in [0.4, 0.5) is 5.82 Å². The summed E-state index contributed by atoms with van der Waals surface area (Å²) in [6.07, 6.45) is 2.40. The summed E-state index contributed by atoms with van der Waals surface area (Å²) in [5.41, 5.74) is 7.88. The fourth-order valence-electron chi connectivity index (χ4n) is 1.58. The highest BCUT2D eigenvalue weighted by atomic mass is 32.1. The van der Waals surface area contributed by atoms with Crippen LogP contribution in [0, 0.1) is 4.77 Å². The molecule has 1 aromatic heterocycles. The van der Waals surface area contributed by atoms with Gasteiger partial charge >= 0.3 is 0 Å². The van der Waals surface area contributed by atoms with Crippen LogP contribution in [0.3, 0.4) is 0 Å². The van der Waals surface area contributed by atoms with E-state index in [2.05, 4.69) is 9.97 Å². The van der Waals surface area contributed by atoms with Gasteiger partial charge in [-0.15, -0.1) is 0 Å². The molecule has 0 aliphatic heterocycles. The lowest BCUT2D eigenvalue weighted by molar-refractivity contribution is 0.414. The molecule has 0 atom stereocenters. The third-order valence-electron chi connectivity index (χ3n) is 2.45. The van der Waals surface area contributed by atoms with Crippen LogP contribution in [-0.2, 0) is 6.42 Å². The lowest BCUT2D eigenvalue weighted by Gasteiger charge is -2.06. The Morgan fingerprint density at radius 1 is 1.47 bits per heavy atom. The summed E-state index contributed by atoms with van der Waals surface area (Å²) in [5, 5.41) is 0. The van der Waals surface area contributed by atoms with E-state index in [1.807, 2.05) is 24.3 Å². The highest BCUT2D eigenvalue weighted by Crippen LogP contribution is 2.17. The summed E-state index contributed by atoms with van der Waals surface area (Å²) in [4.78, 5) is 6.86. The van der Waals surface area contributed by atoms with Crippen molar-refractivity contribution >= 4 is 18.0 Å². The summed E-state index contributed by atoms with van der Waals surface area (Å²) in [7, 11) is 1.65. The molecule has 1 aromatic carbocycles. The molecule has 0 amide bonds. The van der Waals surface area contributed by atoms with Gasteiger partial charge in [0.2, 0.25) is 0 Å². The summed E-state index contributed by atoms with van der Waals surface area (Å²) in [6.45, 7) is 0. The molecule has 1 heterocycles. The van der Waals surface area contributed by atoms with E-state index in [4.69, 9.17) is 22.7 Å². The van der Waals surface area contributed by atoms with E-state index in [9.17, 15) is 0 Å². The molecular formula is C12H13N3OS. The first kappa shape index (κ1) is 11.6. The highest BCUT2D eigenvalue weighted by molar-refractivity contribution is 7.71. The lowest BCUT2D eigenvalue weighted by Crippen LogP contribution is -2.00. The zero-order valence-electron chi connectivity index (χ0n) is 9.43. The fourth-order valence-corrected chi connectivity index (χ4v) is 1.74. The molecule has 0 fully saturated rings. The number of hydrogen-bond donors (Lipinski definition) is 2. The minimum absolute atomic E-state index is 0.400. The third-order valence-corrected chi connectivity index (χ3v) is 2.66. The smallest absolute Gasteiger partial charge is 0.198 e. The molecule has 0 aliphatic carbocycles. The topological polar surface area (TPSA) is 63.9 Å². The zero-order valence-corrected chi connectivity index (χ0v) is 10.3. The number of ether oxygens (including phenoxy) is 1. The van der Waals surface area contributed by atoms with Crippen molar-refractivity contribution in [2.45, 2.75) is 6.42 Å². The molecule has 4 nitrogen and oxygen atoms in total. The second-order valence-corrected chi connectivity index (χ2v) is 4.04. The van der Waals surface area contributed by atoms with E-state index in [-0.39, 0.29) is 0 Å². The Morgan fingerprint density at radius 2 is 2.29 bits per heavy atom. The van der Waals surface area contributed by atoms with Crippen molar-refractivity contribution in [2.75, 3.05) is 12.8 Å². The molecule has 0 bridgehead atoms. The van der Waals surface area contributed by atoms with E-state index in [0.29, 0.717) is 17.0 Å². The predicted molar refractivity (Wildman–Crippen MR) is 69.6 cm³/mol. The number of nitrogens with one attached hydrogen (secondary N) is 1. The molecule has 88 valence electrons. The lowest BCUT2D eigenvalue weighted by atomic mass is 10.1. The largest absolute Gasteiger partial charge is 0.497 e. The van der Waals surface area contributed by atoms with Crippen molar-refractivity contribution in [3.8, 4) is 5.75 Å². The van der Waals surface area contributed by atoms with Gasteiger partial charge in [-0.05, 0) is 29.9 Å². The van der Waals surface area contributed by atoms with E-state index in [0.717, 1.165) is 16.9 Å². The number of nitrogen functional groups attached to an aromatic ring is 1. The minimum Gasteiger partial charge on any atom is -0.497 e. The van der Waals surface area contributed by atoms with Gasteiger partial charge in [0.1, 0.15) is 11.6 Å². The highest BCUT2D eigenvalue weighted by Gasteiger charge is 2.02. The number of rotatable bonds is 3. The number of benzene rings is 1. The zero-order chi connectivity index (χ0) is 12.3. The van der Waals surface area contributed by atoms with Crippen LogP contribution in [0.1, 0.15) is 11.1 Å². The van der Waals surface area contributed by atoms with Gasteiger partial charge in [-0.25, -0.2) is 4.98 Å². The molecule has 0 saturated heterocycles. The average molecular weight is 247 g/mol. The molecule has 2 aromatic rings. The van der Waals surface area contributed by atoms with E-state index in [1.165, 1.54) is 0 Å². The van der Waals surface area contributed by atoms with Gasteiger partial charge in [0.05, 0.1) is 7.11 Å². The standard InChI is InChI=1S/C12H13N3OS/c1-16-10-4-2-3-8(6-10)5-9-7-14-12(17)15-11(9)13/h2-4,6-7H,5H2,1H3,(H3,13,14,15,17). The quantitative estimate of drug-likeness (QED) is 0.817. The van der Waals surface area contributed by atoms with Gasteiger partial charge in [0, 0.05) is 18.2 Å². The maximum atomic E-state index is 5.85. The Balaban J connectivity index is 2.28. The van der Waals surface area contributed by atoms with Gasteiger partial charge in [-0.1, -0.05) is 12.1 Å². The van der Waals surface area contributed by atoms with Crippen LogP contribution in [0.15, 0.2) is 30.5 Å². The van der Waals surface area contributed by atoms with Crippen LogP contribution in [-0.4, -0.2) is 17.1 Å². The van der Waals surface area contributed by atoms with Crippen LogP contribution in [0.5, 0.6) is 5.75 Å². The summed E-state index contributed by atoms with van der Waals surface area (Å²) in [6, 6.07) is 7.84. The normalized spacial score (nSPS) is 10.2. The Hall–Kier alpha value is -1.88. The second kappa shape index (κ2) is 4.97. The monoisotopic (exact) mass is 247 g/mol. The van der Waals surface area contributed by atoms with Crippen LogP contribution in [0.25, 0.3) is 0 Å². The molecule has 0 spiro atoms. The van der Waals surface area contributed by atoms with Gasteiger partial charge < -0.3 is 15.5 Å². The first-order valence-corrected chi connectivity index (χ1v) is 5.56. The molecule has 3 N–H and O–H groups in total. The molecule has 0 unspecified atom stereocenters. The molecular weight excluding hydrogens is 234 g/mol. The average Bonchev–Trinajstić information content (AvgIpc) is 2.33. The predicted octanol–water partition coefficient (Wildman–Crippen LogP) is 2.32. The SMILES string of the molecule is COc1cccc(Cc2cnc(=S)[nH]c2N)c1. The van der Waals surface area contributed by atoms with Gasteiger partial charge in [0.25, 0.3) is 0 Å². The summed E-state index contributed by atoms with van der Waals surface area (Å²) >= 11 is 4.90. The Morgan fingerprint density at radius 3 is 3.00 bits per heavy atom. The van der Waals surface area contributed by atoms with Gasteiger partial charge in [-0.2, -0.15) is 0 Å². The third kappa shape index (κ3) is 2.82. The summed E-state index contributed by atoms with van der Waals surface area (Å²) in [5.74, 6) is 1.39. The maximum Gasteiger partial charge on any atom is 0.198 e. The van der Waals surface area contributed by atoms with Gasteiger partial charge in [0.15, 0.2) is 4.77 Å². The summed E-state index contributed by atoms with van der Waals surface area (Å²) < 4.78 is 5.57. The minimum atomic E-state index is 0.400. The number of hydrogen-bond acceptors (Lipinski definition) is 4. The molecule has 2 rings (SSSR count). The number of methoxy groups -OCH3 is 1. The van der Waals surface area contributed by atoms with Gasteiger partial charge in [-0.3, -0.25) is 0 Å². The fraction of sp³-hybridized carbons (Fsp3) is 0.167. The molecule has 0 saturated carbocycles. The van der Waals surface area contributed by atoms with E-state index >= 15 is 0 Å². The van der Waals surface area contributed by atoms with Crippen molar-refractivity contribution in [3.05, 3.63) is 46.4 Å². The number of nitrogens with zero attached hydrogens (tertiary/aromatic N) is 1. The van der Waals surface area contributed by atoms with E-state index in [1.54, 1.807) is 13.3 Å². The van der Waals surface area contributed by atoms with Crippen molar-refractivity contribution in [1.29, 1.82) is 0 Å². The van der Waals surface area contributed by atoms with Crippen LogP contribution >= 0.6 is 12.2 Å². The Bertz CT molecular complexity index is 580. The van der Waals surface area contributed by atoms with Crippen molar-refractivity contribution in [1.82, 2.24) is 9.97 Å². The maximum absolute atomic E-state index is 5.85. The number of H-pyrrole nitrogens is 1. The molecule has 5 heteroatoms. The van der Waals surface area contributed by atoms with Crippen molar-refractivity contribution < 1.29 is 4.74 Å². The number of aromatic nitrogens is 2. The second-order valence-electron chi connectivity index (χ2n) is 3.66. The van der Waals surface area contributed by atoms with Crippen LogP contribution in [0.2, 0.25) is 0 Å². The number of aromatic amines is 1. The number of nitrogens with two attached hydrogens (primary N) is 1. The Kier molecular flexibility index (Phi) is 3.39. The van der Waals surface area contributed by atoms with Crippen molar-refractivity contribution in [3.63, 3.8) is 0 Å². The van der Waals surface area contributed by atoms with Crippen LogP contribution < -0.4 is 10.5 Å². The number of anilines is 1. The first-order chi connectivity index (χ1) is 8.19. The molecule has 0 radical (unpaired) electrons. The molecule has 17 heavy (non-hydrogen) atoms. The molecule has 0 aliphatic rings. The van der Waals surface area contributed by atoms with Crippen molar-refractivity contribution in [2.24, 2.45) is 0 Å². The van der Waals surface area contributed by atoms with E-state index < -0.39 is 0 Å². The first-order valence-electron chi connectivity index (χ1n) is 5.15.